The average Bonchev–Trinajstić information content (AvgIpc) is 3.21. The topological polar surface area (TPSA) is 95.9 Å². The summed E-state index contributed by atoms with van der Waals surface area (Å²) in [5.74, 6) is -0.129. The van der Waals surface area contributed by atoms with Crippen LogP contribution in [-0.4, -0.2) is 47.4 Å². The summed E-state index contributed by atoms with van der Waals surface area (Å²) < 4.78 is 5.44. The number of carbonyl (C=O) groups excluding carboxylic acids is 2. The number of aliphatic hydroxyl groups is 2. The zero-order chi connectivity index (χ0) is 41.5. The van der Waals surface area contributed by atoms with Gasteiger partial charge in [-0.15, -0.1) is 0 Å². The standard InChI is InChI=1S/C51H95NO5/c1-3-5-7-9-11-13-15-17-18-19-20-25-29-33-37-41-45-51(56)57-46-42-38-34-30-26-22-21-24-28-32-36-40-44-50(55)52-48(47-53)49(54)43-39-35-31-27-23-16-14-12-10-8-6-4-2/h18-19,22,26,39,43,48-49,53-54H,3-17,20-21,23-25,27-38,40-42,44-47H2,1-2H3,(H,52,55)/b19-18-,26-22-,43-39+. The van der Waals surface area contributed by atoms with Crippen LogP contribution in [0.15, 0.2) is 36.5 Å². The van der Waals surface area contributed by atoms with Gasteiger partial charge in [0.05, 0.1) is 25.4 Å². The zero-order valence-electron chi connectivity index (χ0n) is 37.8. The molecule has 6 heteroatoms. The third kappa shape index (κ3) is 43.5. The first-order valence-corrected chi connectivity index (χ1v) is 24.8. The summed E-state index contributed by atoms with van der Waals surface area (Å²) in [4.78, 5) is 24.4. The summed E-state index contributed by atoms with van der Waals surface area (Å²) in [7, 11) is 0. The lowest BCUT2D eigenvalue weighted by Gasteiger charge is -2.20. The normalized spacial score (nSPS) is 13.0. The molecule has 0 aromatic carbocycles. The molecule has 57 heavy (non-hydrogen) atoms. The van der Waals surface area contributed by atoms with Crippen LogP contribution in [0.1, 0.15) is 251 Å². The van der Waals surface area contributed by atoms with Gasteiger partial charge in [0.2, 0.25) is 5.91 Å². The Kier molecular flexibility index (Phi) is 45.2. The van der Waals surface area contributed by atoms with Gasteiger partial charge in [0.15, 0.2) is 0 Å². The molecule has 0 aliphatic heterocycles. The molecule has 0 aliphatic rings. The van der Waals surface area contributed by atoms with Crippen molar-refractivity contribution in [2.24, 2.45) is 0 Å². The van der Waals surface area contributed by atoms with Crippen molar-refractivity contribution >= 4 is 11.9 Å². The lowest BCUT2D eigenvalue weighted by atomic mass is 10.1. The fourth-order valence-corrected chi connectivity index (χ4v) is 7.27. The number of unbranched alkanes of at least 4 members (excludes halogenated alkanes) is 30. The van der Waals surface area contributed by atoms with Gasteiger partial charge in [-0.05, 0) is 89.9 Å². The van der Waals surface area contributed by atoms with Gasteiger partial charge < -0.3 is 20.3 Å². The molecule has 0 rings (SSSR count). The lowest BCUT2D eigenvalue weighted by molar-refractivity contribution is -0.143. The van der Waals surface area contributed by atoms with Crippen LogP contribution in [-0.2, 0) is 14.3 Å². The molecule has 0 spiro atoms. The van der Waals surface area contributed by atoms with E-state index in [9.17, 15) is 19.8 Å². The first-order chi connectivity index (χ1) is 28.0. The SMILES string of the molecule is CCCCCCCCC/C=C\CCCCCCCC(=O)OCCCCC/C=C\CCCCCCCC(=O)NC(CO)C(O)/C=C/CCCCCCCCCCCC. The van der Waals surface area contributed by atoms with Crippen LogP contribution in [0, 0.1) is 0 Å². The molecule has 0 bridgehead atoms. The van der Waals surface area contributed by atoms with E-state index in [-0.39, 0.29) is 18.5 Å². The number of hydrogen-bond acceptors (Lipinski definition) is 5. The van der Waals surface area contributed by atoms with Crippen LogP contribution in [0.2, 0.25) is 0 Å². The monoisotopic (exact) mass is 802 g/mol. The molecule has 2 unspecified atom stereocenters. The molecule has 0 heterocycles. The van der Waals surface area contributed by atoms with Gasteiger partial charge in [-0.25, -0.2) is 0 Å². The minimum atomic E-state index is -0.860. The maximum atomic E-state index is 12.4. The second-order valence-corrected chi connectivity index (χ2v) is 16.8. The molecule has 2 atom stereocenters. The Balaban J connectivity index is 3.54. The van der Waals surface area contributed by atoms with Crippen molar-refractivity contribution in [3.63, 3.8) is 0 Å². The molecule has 0 aromatic rings. The van der Waals surface area contributed by atoms with Crippen molar-refractivity contribution in [1.82, 2.24) is 5.32 Å². The van der Waals surface area contributed by atoms with E-state index in [2.05, 4.69) is 43.5 Å². The van der Waals surface area contributed by atoms with Crippen LogP contribution in [0.25, 0.3) is 0 Å². The highest BCUT2D eigenvalue weighted by atomic mass is 16.5. The predicted molar refractivity (Wildman–Crippen MR) is 246 cm³/mol. The minimum absolute atomic E-state index is 0.0327. The molecule has 0 radical (unpaired) electrons. The Labute approximate surface area is 353 Å². The minimum Gasteiger partial charge on any atom is -0.466 e. The number of ether oxygens (including phenoxy) is 1. The summed E-state index contributed by atoms with van der Waals surface area (Å²) in [6.07, 6.45) is 55.7. The number of esters is 1. The maximum absolute atomic E-state index is 12.4. The first-order valence-electron chi connectivity index (χ1n) is 24.8. The van der Waals surface area contributed by atoms with E-state index in [1.165, 1.54) is 141 Å². The van der Waals surface area contributed by atoms with E-state index >= 15 is 0 Å². The first kappa shape index (κ1) is 55.1. The Bertz CT molecular complexity index is 931. The molecule has 0 saturated carbocycles. The largest absolute Gasteiger partial charge is 0.466 e. The molecule has 6 nitrogen and oxygen atoms in total. The molecule has 0 fully saturated rings. The van der Waals surface area contributed by atoms with Crippen molar-refractivity contribution < 1.29 is 24.5 Å². The predicted octanol–water partition coefficient (Wildman–Crippen LogP) is 14.5. The van der Waals surface area contributed by atoms with Gasteiger partial charge in [-0.1, -0.05) is 185 Å². The molecular formula is C51H95NO5. The van der Waals surface area contributed by atoms with Crippen molar-refractivity contribution in [3.8, 4) is 0 Å². The smallest absolute Gasteiger partial charge is 0.305 e. The van der Waals surface area contributed by atoms with Gasteiger partial charge in [-0.2, -0.15) is 0 Å². The molecule has 0 aromatic heterocycles. The van der Waals surface area contributed by atoms with Crippen LogP contribution in [0.4, 0.5) is 0 Å². The number of aliphatic hydroxyl groups excluding tert-OH is 2. The number of carbonyl (C=O) groups is 2. The van der Waals surface area contributed by atoms with Crippen LogP contribution >= 0.6 is 0 Å². The van der Waals surface area contributed by atoms with Crippen molar-refractivity contribution in [3.05, 3.63) is 36.5 Å². The second-order valence-electron chi connectivity index (χ2n) is 16.8. The van der Waals surface area contributed by atoms with Gasteiger partial charge in [0.25, 0.3) is 0 Å². The summed E-state index contributed by atoms with van der Waals surface area (Å²) in [5, 5.41) is 23.0. The third-order valence-corrected chi connectivity index (χ3v) is 11.1. The maximum Gasteiger partial charge on any atom is 0.305 e. The van der Waals surface area contributed by atoms with Crippen LogP contribution < -0.4 is 5.32 Å². The van der Waals surface area contributed by atoms with E-state index in [0.29, 0.717) is 19.4 Å². The van der Waals surface area contributed by atoms with Crippen molar-refractivity contribution in [2.75, 3.05) is 13.2 Å². The summed E-state index contributed by atoms with van der Waals surface area (Å²) in [5.41, 5.74) is 0. The molecule has 1 amide bonds. The highest BCUT2D eigenvalue weighted by Crippen LogP contribution is 2.14. The van der Waals surface area contributed by atoms with Gasteiger partial charge in [0, 0.05) is 12.8 Å². The van der Waals surface area contributed by atoms with Crippen LogP contribution in [0.5, 0.6) is 0 Å². The van der Waals surface area contributed by atoms with Gasteiger partial charge >= 0.3 is 5.97 Å². The average molecular weight is 802 g/mol. The summed E-state index contributed by atoms with van der Waals surface area (Å²) in [6, 6.07) is -0.646. The van der Waals surface area contributed by atoms with Gasteiger partial charge in [0.1, 0.15) is 0 Å². The fraction of sp³-hybridized carbons (Fsp3) is 0.843. The highest BCUT2D eigenvalue weighted by molar-refractivity contribution is 5.76. The zero-order valence-corrected chi connectivity index (χ0v) is 37.8. The number of allylic oxidation sites excluding steroid dienone is 5. The van der Waals surface area contributed by atoms with E-state index in [4.69, 9.17) is 4.74 Å². The molecule has 3 N–H and O–H groups in total. The number of nitrogens with one attached hydrogen (secondary N) is 1. The fourth-order valence-electron chi connectivity index (χ4n) is 7.27. The molecular weight excluding hydrogens is 707 g/mol. The van der Waals surface area contributed by atoms with Crippen molar-refractivity contribution in [2.45, 2.75) is 264 Å². The van der Waals surface area contributed by atoms with E-state index < -0.39 is 12.1 Å². The van der Waals surface area contributed by atoms with Crippen LogP contribution in [0.3, 0.4) is 0 Å². The van der Waals surface area contributed by atoms with Crippen molar-refractivity contribution in [1.29, 1.82) is 0 Å². The third-order valence-electron chi connectivity index (χ3n) is 11.1. The highest BCUT2D eigenvalue weighted by Gasteiger charge is 2.18. The van der Waals surface area contributed by atoms with E-state index in [1.807, 2.05) is 6.08 Å². The second kappa shape index (κ2) is 46.8. The van der Waals surface area contributed by atoms with E-state index in [0.717, 1.165) is 83.5 Å². The number of hydrogen-bond donors (Lipinski definition) is 3. The Morgan fingerprint density at radius 3 is 1.25 bits per heavy atom. The molecule has 334 valence electrons. The summed E-state index contributed by atoms with van der Waals surface area (Å²) >= 11 is 0. The number of amides is 1. The Morgan fingerprint density at radius 2 is 0.825 bits per heavy atom. The lowest BCUT2D eigenvalue weighted by Crippen LogP contribution is -2.45. The number of rotatable bonds is 45. The Hall–Kier alpha value is -1.92. The Morgan fingerprint density at radius 1 is 0.474 bits per heavy atom. The molecule has 0 aliphatic carbocycles. The summed E-state index contributed by atoms with van der Waals surface area (Å²) in [6.45, 7) is 4.82. The quantitative estimate of drug-likeness (QED) is 0.0324. The van der Waals surface area contributed by atoms with E-state index in [1.54, 1.807) is 6.08 Å². The molecule has 0 saturated heterocycles. The van der Waals surface area contributed by atoms with Gasteiger partial charge in [-0.3, -0.25) is 9.59 Å².